The van der Waals surface area contributed by atoms with Crippen LogP contribution >= 0.6 is 23.2 Å². The van der Waals surface area contributed by atoms with E-state index < -0.39 is 17.7 Å². The van der Waals surface area contributed by atoms with Crippen molar-refractivity contribution in [2.24, 2.45) is 5.92 Å². The van der Waals surface area contributed by atoms with Crippen LogP contribution in [-0.2, 0) is 10.2 Å². The van der Waals surface area contributed by atoms with Crippen LogP contribution in [0.4, 0.5) is 9.18 Å². The number of amides is 1. The fraction of sp³-hybridized carbons (Fsp3) is 0.471. The molecule has 1 aromatic carbocycles. The summed E-state index contributed by atoms with van der Waals surface area (Å²) in [5, 5.41) is 0.914. The lowest BCUT2D eigenvalue weighted by molar-refractivity contribution is 0.132. The number of likely N-dealkylation sites (tertiary alicyclic amines) is 1. The highest BCUT2D eigenvalue weighted by atomic mass is 35.5. The maximum atomic E-state index is 14.1. The van der Waals surface area contributed by atoms with Gasteiger partial charge in [0.2, 0.25) is 0 Å². The molecule has 0 N–H and O–H groups in total. The lowest BCUT2D eigenvalue weighted by atomic mass is 9.74. The molecule has 0 spiro atoms. The van der Waals surface area contributed by atoms with Crippen molar-refractivity contribution >= 4 is 29.3 Å². The van der Waals surface area contributed by atoms with Gasteiger partial charge in [-0.3, -0.25) is 0 Å². The van der Waals surface area contributed by atoms with Crippen LogP contribution in [0, 0.1) is 5.92 Å². The number of hydrogen-bond donors (Lipinski definition) is 0. The molecule has 1 aliphatic carbocycles. The number of halogens is 3. The fourth-order valence-electron chi connectivity index (χ4n) is 3.90. The number of fused-ring (bicyclic) bond motifs is 1. The predicted molar refractivity (Wildman–Crippen MR) is 88.6 cm³/mol. The van der Waals surface area contributed by atoms with E-state index >= 15 is 0 Å². The average molecular weight is 358 g/mol. The van der Waals surface area contributed by atoms with Crippen LogP contribution in [0.1, 0.15) is 25.3 Å². The Bertz CT molecular complexity index is 666. The van der Waals surface area contributed by atoms with E-state index in [4.69, 9.17) is 27.9 Å². The zero-order chi connectivity index (χ0) is 16.8. The van der Waals surface area contributed by atoms with Gasteiger partial charge in [0.25, 0.3) is 0 Å². The third-order valence-electron chi connectivity index (χ3n) is 4.84. The molecule has 3 rings (SSSR count). The molecule has 2 fully saturated rings. The highest BCUT2D eigenvalue weighted by Gasteiger charge is 2.55. The van der Waals surface area contributed by atoms with Crippen LogP contribution in [0.2, 0.25) is 10.0 Å². The van der Waals surface area contributed by atoms with E-state index in [9.17, 15) is 9.18 Å². The van der Waals surface area contributed by atoms with Crippen LogP contribution in [0.25, 0.3) is 0 Å². The monoisotopic (exact) mass is 357 g/mol. The van der Waals surface area contributed by atoms with E-state index in [1.807, 2.05) is 6.07 Å². The third kappa shape index (κ3) is 2.94. The molecule has 1 saturated carbocycles. The zero-order valence-corrected chi connectivity index (χ0v) is 14.3. The van der Waals surface area contributed by atoms with Crippen molar-refractivity contribution in [3.05, 3.63) is 46.1 Å². The van der Waals surface area contributed by atoms with Gasteiger partial charge in [-0.05, 0) is 43.4 Å². The molecule has 0 aromatic heterocycles. The molecule has 2 aliphatic rings. The number of alkyl halides is 1. The molecule has 23 heavy (non-hydrogen) atoms. The fourth-order valence-corrected chi connectivity index (χ4v) is 4.20. The van der Waals surface area contributed by atoms with Gasteiger partial charge in [0.05, 0.1) is 15.8 Å². The summed E-state index contributed by atoms with van der Waals surface area (Å²) in [5.74, 6) is 0.395. The van der Waals surface area contributed by atoms with E-state index in [0.717, 1.165) is 5.56 Å². The smallest absolute Gasteiger partial charge is 0.414 e. The summed E-state index contributed by atoms with van der Waals surface area (Å²) >= 11 is 12.1. The molecule has 1 aromatic rings. The Kier molecular flexibility index (Phi) is 4.32. The van der Waals surface area contributed by atoms with Crippen molar-refractivity contribution in [2.45, 2.75) is 31.4 Å². The highest BCUT2D eigenvalue weighted by Crippen LogP contribution is 2.52. The van der Waals surface area contributed by atoms with Crippen molar-refractivity contribution in [1.29, 1.82) is 0 Å². The summed E-state index contributed by atoms with van der Waals surface area (Å²) in [6.07, 6.45) is -0.473. The number of hydrogen-bond acceptors (Lipinski definition) is 2. The quantitative estimate of drug-likeness (QED) is 0.699. The molecule has 1 aliphatic heterocycles. The van der Waals surface area contributed by atoms with Crippen LogP contribution in [-0.4, -0.2) is 30.3 Å². The van der Waals surface area contributed by atoms with Gasteiger partial charge in [-0.2, -0.15) is 0 Å². The largest absolute Gasteiger partial charge is 0.416 e. The third-order valence-corrected chi connectivity index (χ3v) is 5.57. The summed E-state index contributed by atoms with van der Waals surface area (Å²) < 4.78 is 19.2. The lowest BCUT2D eigenvalue weighted by Gasteiger charge is -2.29. The van der Waals surface area contributed by atoms with Crippen molar-refractivity contribution in [1.82, 2.24) is 4.90 Å². The van der Waals surface area contributed by atoms with Gasteiger partial charge in [-0.1, -0.05) is 35.8 Å². The Morgan fingerprint density at radius 2 is 2.17 bits per heavy atom. The number of carbonyl (C=O) groups is 1. The van der Waals surface area contributed by atoms with Gasteiger partial charge >= 0.3 is 6.09 Å². The number of nitrogens with zero attached hydrogens (tertiary/aromatic N) is 1. The Morgan fingerprint density at radius 3 is 2.83 bits per heavy atom. The average Bonchev–Trinajstić information content (AvgIpc) is 2.94. The molecule has 1 amide bonds. The molecule has 0 radical (unpaired) electrons. The molecular weight excluding hydrogens is 340 g/mol. The Labute approximate surface area is 145 Å². The Hall–Kier alpha value is -1.26. The summed E-state index contributed by atoms with van der Waals surface area (Å²) in [4.78, 5) is 13.8. The van der Waals surface area contributed by atoms with Crippen LogP contribution < -0.4 is 0 Å². The van der Waals surface area contributed by atoms with E-state index in [0.29, 0.717) is 41.7 Å². The van der Waals surface area contributed by atoms with E-state index in [2.05, 4.69) is 6.58 Å². The van der Waals surface area contributed by atoms with Crippen molar-refractivity contribution in [3.63, 3.8) is 0 Å². The molecular formula is C17H18Cl2FNO2. The second-order valence-electron chi connectivity index (χ2n) is 6.47. The van der Waals surface area contributed by atoms with Crippen molar-refractivity contribution in [2.75, 3.05) is 13.1 Å². The van der Waals surface area contributed by atoms with Gasteiger partial charge in [0.1, 0.15) is 6.17 Å². The Morgan fingerprint density at radius 1 is 1.43 bits per heavy atom. The number of carbonyl (C=O) groups excluding carboxylic acids is 1. The molecule has 6 heteroatoms. The molecule has 3 nitrogen and oxygen atoms in total. The lowest BCUT2D eigenvalue weighted by Crippen LogP contribution is -2.35. The Balaban J connectivity index is 1.92. The van der Waals surface area contributed by atoms with Gasteiger partial charge in [-0.15, -0.1) is 0 Å². The minimum atomic E-state index is -0.867. The highest BCUT2D eigenvalue weighted by molar-refractivity contribution is 6.42. The van der Waals surface area contributed by atoms with Crippen molar-refractivity contribution in [3.8, 4) is 0 Å². The maximum absolute atomic E-state index is 14.1. The summed E-state index contributed by atoms with van der Waals surface area (Å²) in [7, 11) is 0. The van der Waals surface area contributed by atoms with E-state index in [1.54, 1.807) is 24.0 Å². The van der Waals surface area contributed by atoms with Gasteiger partial charge in [0.15, 0.2) is 0 Å². The zero-order valence-electron chi connectivity index (χ0n) is 12.8. The maximum Gasteiger partial charge on any atom is 0.414 e. The standard InChI is InChI=1S/C17H18Cl2FNO2/c1-10(2)23-16(22)21-8-12-5-13(20)7-17(12,9-21)11-3-4-14(18)15(19)6-11/h3-4,6,12-13H,1,5,7-9H2,2H3/t12-,13+,17+/m1/s1. The SMILES string of the molecule is C=C(C)OC(=O)N1C[C@H]2C[C@H](F)C[C@@]2(c2ccc(Cl)c(Cl)c2)C1. The molecule has 124 valence electrons. The molecule has 1 heterocycles. The normalized spacial score (nSPS) is 29.5. The van der Waals surface area contributed by atoms with Crippen LogP contribution in [0.15, 0.2) is 30.5 Å². The van der Waals surface area contributed by atoms with Crippen LogP contribution in [0.3, 0.4) is 0 Å². The number of allylic oxidation sites excluding steroid dienone is 1. The second-order valence-corrected chi connectivity index (χ2v) is 7.28. The second kappa shape index (κ2) is 5.99. The van der Waals surface area contributed by atoms with Gasteiger partial charge < -0.3 is 9.64 Å². The topological polar surface area (TPSA) is 29.5 Å². The summed E-state index contributed by atoms with van der Waals surface area (Å²) in [5.41, 5.74) is 0.504. The van der Waals surface area contributed by atoms with Gasteiger partial charge in [-0.25, -0.2) is 9.18 Å². The first-order valence-electron chi connectivity index (χ1n) is 7.53. The summed E-state index contributed by atoms with van der Waals surface area (Å²) in [6, 6.07) is 5.40. The predicted octanol–water partition coefficient (Wildman–Crippen LogP) is 4.97. The van der Waals surface area contributed by atoms with Crippen LogP contribution in [0.5, 0.6) is 0 Å². The molecule has 0 bridgehead atoms. The first kappa shape index (κ1) is 16.6. The number of benzene rings is 1. The van der Waals surface area contributed by atoms with E-state index in [1.165, 1.54) is 0 Å². The minimum absolute atomic E-state index is 0.0485. The van der Waals surface area contributed by atoms with Crippen molar-refractivity contribution < 1.29 is 13.9 Å². The first-order valence-corrected chi connectivity index (χ1v) is 8.29. The number of rotatable bonds is 2. The first-order chi connectivity index (χ1) is 10.8. The molecule has 0 unspecified atom stereocenters. The molecule has 3 atom stereocenters. The summed E-state index contributed by atoms with van der Waals surface area (Å²) in [6.45, 7) is 6.11. The number of ether oxygens (including phenoxy) is 1. The van der Waals surface area contributed by atoms with E-state index in [-0.39, 0.29) is 5.92 Å². The van der Waals surface area contributed by atoms with Gasteiger partial charge in [0, 0.05) is 18.5 Å². The minimum Gasteiger partial charge on any atom is -0.416 e. The molecule has 1 saturated heterocycles.